The summed E-state index contributed by atoms with van der Waals surface area (Å²) in [4.78, 5) is 37.4. The second-order valence-electron chi connectivity index (χ2n) is 10.2. The summed E-state index contributed by atoms with van der Waals surface area (Å²) in [6, 6.07) is 31.7. The van der Waals surface area contributed by atoms with E-state index in [2.05, 4.69) is 33.2 Å². The van der Waals surface area contributed by atoms with E-state index in [1.165, 1.54) is 5.56 Å². The maximum Gasteiger partial charge on any atom is 0.344 e. The number of oxime groups is 1. The van der Waals surface area contributed by atoms with Crippen LogP contribution in [-0.4, -0.2) is 76.9 Å². The number of hydrogen-bond acceptors (Lipinski definition) is 7. The second kappa shape index (κ2) is 14.2. The van der Waals surface area contributed by atoms with Crippen LogP contribution >= 0.6 is 0 Å². The maximum atomic E-state index is 13.1. The van der Waals surface area contributed by atoms with Crippen LogP contribution in [-0.2, 0) is 14.4 Å². The molecule has 1 saturated heterocycles. The van der Waals surface area contributed by atoms with Gasteiger partial charge in [0.2, 0.25) is 6.61 Å². The van der Waals surface area contributed by atoms with Gasteiger partial charge in [0.25, 0.3) is 5.91 Å². The predicted molar refractivity (Wildman–Crippen MR) is 164 cm³/mol. The third-order valence-corrected chi connectivity index (χ3v) is 7.34. The number of piperazine rings is 1. The van der Waals surface area contributed by atoms with Crippen LogP contribution in [0.5, 0.6) is 5.75 Å². The molecular weight excluding hydrogens is 544 g/mol. The summed E-state index contributed by atoms with van der Waals surface area (Å²) < 4.78 is 5.92. The van der Waals surface area contributed by atoms with Crippen LogP contribution in [0.4, 0.5) is 0 Å². The number of carbonyl (C=O) groups is 2. The molecule has 9 heteroatoms. The molecule has 1 aliphatic rings. The highest BCUT2D eigenvalue weighted by Gasteiger charge is 2.29. The molecule has 1 unspecified atom stereocenters. The molecule has 2 heterocycles. The first-order valence-electron chi connectivity index (χ1n) is 14.2. The number of rotatable bonds is 11. The van der Waals surface area contributed by atoms with E-state index in [9.17, 15) is 9.59 Å². The predicted octanol–water partition coefficient (Wildman–Crippen LogP) is 4.89. The van der Waals surface area contributed by atoms with Crippen molar-refractivity contribution in [2.24, 2.45) is 5.16 Å². The zero-order chi connectivity index (χ0) is 30.0. The molecule has 0 radical (unpaired) electrons. The van der Waals surface area contributed by atoms with Crippen molar-refractivity contribution in [3.05, 3.63) is 120 Å². The lowest BCUT2D eigenvalue weighted by Crippen LogP contribution is -2.51. The Morgan fingerprint density at radius 2 is 1.60 bits per heavy atom. The SMILES string of the molecule is C/C(=N\OCC(=O)O)c1ccc(-c2cccc(OCC(=O)N3CCN(C(c4ccccc4)c4ccccn4)CC3)c2)cc1. The molecule has 9 nitrogen and oxygen atoms in total. The highest BCUT2D eigenvalue weighted by molar-refractivity contribution is 5.98. The monoisotopic (exact) mass is 578 g/mol. The first-order chi connectivity index (χ1) is 21.0. The fourth-order valence-corrected chi connectivity index (χ4v) is 5.11. The quantitative estimate of drug-likeness (QED) is 0.200. The van der Waals surface area contributed by atoms with Crippen LogP contribution in [0.3, 0.4) is 0 Å². The number of aromatic nitrogens is 1. The number of carboxylic acid groups (broad SMARTS) is 1. The number of carboxylic acids is 1. The third-order valence-electron chi connectivity index (χ3n) is 7.34. The van der Waals surface area contributed by atoms with Gasteiger partial charge in [-0.3, -0.25) is 14.7 Å². The summed E-state index contributed by atoms with van der Waals surface area (Å²) in [5.74, 6) is -0.497. The first kappa shape index (κ1) is 29.5. The fourth-order valence-electron chi connectivity index (χ4n) is 5.11. The average molecular weight is 579 g/mol. The summed E-state index contributed by atoms with van der Waals surface area (Å²) in [7, 11) is 0. The van der Waals surface area contributed by atoms with Gasteiger partial charge in [-0.05, 0) is 53.4 Å². The van der Waals surface area contributed by atoms with Gasteiger partial charge in [-0.2, -0.15) is 0 Å². The minimum atomic E-state index is -1.08. The number of hydrogen-bond donors (Lipinski definition) is 1. The van der Waals surface area contributed by atoms with Gasteiger partial charge in [0, 0.05) is 32.4 Å². The van der Waals surface area contributed by atoms with E-state index in [0.717, 1.165) is 35.5 Å². The molecule has 3 aromatic carbocycles. The molecule has 1 atom stereocenters. The van der Waals surface area contributed by atoms with Crippen molar-refractivity contribution in [1.82, 2.24) is 14.8 Å². The molecule has 0 bridgehead atoms. The number of ether oxygens (including phenoxy) is 1. The number of pyridine rings is 1. The maximum absolute atomic E-state index is 13.1. The zero-order valence-corrected chi connectivity index (χ0v) is 24.0. The summed E-state index contributed by atoms with van der Waals surface area (Å²) in [6.45, 7) is 3.96. The Morgan fingerprint density at radius 1 is 0.860 bits per heavy atom. The molecule has 0 aliphatic carbocycles. The minimum Gasteiger partial charge on any atom is -0.484 e. The van der Waals surface area contributed by atoms with Crippen LogP contribution in [0.1, 0.15) is 29.8 Å². The molecular formula is C34H34N4O5. The topological polar surface area (TPSA) is 105 Å². The van der Waals surface area contributed by atoms with Crippen LogP contribution in [0.15, 0.2) is 108 Å². The van der Waals surface area contributed by atoms with Crippen LogP contribution < -0.4 is 4.74 Å². The molecule has 1 aromatic heterocycles. The van der Waals surface area contributed by atoms with Gasteiger partial charge in [-0.15, -0.1) is 0 Å². The van der Waals surface area contributed by atoms with Gasteiger partial charge in [0.15, 0.2) is 6.61 Å². The highest BCUT2D eigenvalue weighted by atomic mass is 16.6. The Balaban J connectivity index is 1.16. The Morgan fingerprint density at radius 3 is 2.30 bits per heavy atom. The zero-order valence-electron chi connectivity index (χ0n) is 24.0. The molecule has 220 valence electrons. The van der Waals surface area contributed by atoms with Crippen molar-refractivity contribution in [3.8, 4) is 16.9 Å². The molecule has 5 rings (SSSR count). The van der Waals surface area contributed by atoms with E-state index in [-0.39, 0.29) is 18.6 Å². The van der Waals surface area contributed by atoms with E-state index in [0.29, 0.717) is 24.6 Å². The number of benzene rings is 3. The first-order valence-corrected chi connectivity index (χ1v) is 14.2. The Bertz CT molecular complexity index is 1500. The standard InChI is InChI=1S/C34H34N4O5/c1-25(36-43-24-33(40)41)26-13-15-27(16-14-26)29-10-7-11-30(22-29)42-23-32(39)37-18-20-38(21-19-37)34(28-8-3-2-4-9-28)31-12-5-6-17-35-31/h2-17,22,34H,18-21,23-24H2,1H3,(H,40,41)/b36-25+. The number of amides is 1. The Labute approximate surface area is 251 Å². The lowest BCUT2D eigenvalue weighted by Gasteiger charge is -2.39. The molecule has 0 spiro atoms. The minimum absolute atomic E-state index is 0.0310. The molecule has 43 heavy (non-hydrogen) atoms. The van der Waals surface area contributed by atoms with Gasteiger partial charge in [0.05, 0.1) is 17.4 Å². The molecule has 1 N–H and O–H groups in total. The van der Waals surface area contributed by atoms with Crippen molar-refractivity contribution in [3.63, 3.8) is 0 Å². The highest BCUT2D eigenvalue weighted by Crippen LogP contribution is 2.28. The van der Waals surface area contributed by atoms with Crippen LogP contribution in [0, 0.1) is 0 Å². The van der Waals surface area contributed by atoms with Crippen molar-refractivity contribution < 1.29 is 24.3 Å². The second-order valence-corrected chi connectivity index (χ2v) is 10.2. The third kappa shape index (κ3) is 7.84. The van der Waals surface area contributed by atoms with Gasteiger partial charge in [-0.1, -0.05) is 78.0 Å². The Hall–Kier alpha value is -5.02. The van der Waals surface area contributed by atoms with Crippen molar-refractivity contribution in [1.29, 1.82) is 0 Å². The fraction of sp³-hybridized carbons (Fsp3) is 0.235. The van der Waals surface area contributed by atoms with E-state index >= 15 is 0 Å². The van der Waals surface area contributed by atoms with E-state index in [1.54, 1.807) is 6.92 Å². The van der Waals surface area contributed by atoms with Crippen molar-refractivity contribution >= 4 is 17.6 Å². The summed E-state index contributed by atoms with van der Waals surface area (Å²) in [5.41, 5.74) is 5.50. The largest absolute Gasteiger partial charge is 0.484 e. The van der Waals surface area contributed by atoms with Crippen molar-refractivity contribution in [2.75, 3.05) is 39.4 Å². The van der Waals surface area contributed by atoms with Gasteiger partial charge in [-0.25, -0.2) is 4.79 Å². The smallest absolute Gasteiger partial charge is 0.344 e. The number of nitrogens with zero attached hydrogens (tertiary/aromatic N) is 4. The van der Waals surface area contributed by atoms with E-state index < -0.39 is 12.6 Å². The number of carbonyl (C=O) groups excluding carboxylic acids is 1. The molecule has 0 saturated carbocycles. The lowest BCUT2D eigenvalue weighted by atomic mass is 10.0. The van der Waals surface area contributed by atoms with E-state index in [1.807, 2.05) is 90.0 Å². The molecule has 1 amide bonds. The lowest BCUT2D eigenvalue weighted by molar-refractivity contribution is -0.142. The summed E-state index contributed by atoms with van der Waals surface area (Å²) >= 11 is 0. The van der Waals surface area contributed by atoms with E-state index in [4.69, 9.17) is 14.7 Å². The van der Waals surface area contributed by atoms with Crippen LogP contribution in [0.2, 0.25) is 0 Å². The summed E-state index contributed by atoms with van der Waals surface area (Å²) in [5, 5.41) is 12.5. The Kier molecular flexibility index (Phi) is 9.76. The van der Waals surface area contributed by atoms with Gasteiger partial charge in [0.1, 0.15) is 5.75 Å². The van der Waals surface area contributed by atoms with Gasteiger partial charge < -0.3 is 19.6 Å². The molecule has 1 aliphatic heterocycles. The normalized spacial score (nSPS) is 14.6. The van der Waals surface area contributed by atoms with Gasteiger partial charge >= 0.3 is 5.97 Å². The number of aliphatic carboxylic acids is 1. The van der Waals surface area contributed by atoms with Crippen molar-refractivity contribution in [2.45, 2.75) is 13.0 Å². The molecule has 4 aromatic rings. The molecule has 1 fully saturated rings. The van der Waals surface area contributed by atoms with Crippen LogP contribution in [0.25, 0.3) is 11.1 Å². The summed E-state index contributed by atoms with van der Waals surface area (Å²) in [6.07, 6.45) is 1.82. The average Bonchev–Trinajstić information content (AvgIpc) is 3.05.